The number of aromatic nitrogens is 4. The zero-order valence-corrected chi connectivity index (χ0v) is 10.5. The Labute approximate surface area is 106 Å². The van der Waals surface area contributed by atoms with Crippen LogP contribution >= 0.6 is 0 Å². The zero-order valence-electron chi connectivity index (χ0n) is 10.5. The molecule has 1 saturated carbocycles. The normalized spacial score (nSPS) is 15.9. The third kappa shape index (κ3) is 2.01. The molecule has 1 N–H and O–H groups in total. The van der Waals surface area contributed by atoms with Gasteiger partial charge in [0, 0.05) is 18.0 Å². The van der Waals surface area contributed by atoms with Crippen molar-refractivity contribution >= 4 is 0 Å². The quantitative estimate of drug-likeness (QED) is 0.895. The van der Waals surface area contributed by atoms with Gasteiger partial charge in [-0.1, -0.05) is 0 Å². The van der Waals surface area contributed by atoms with Gasteiger partial charge in [-0.15, -0.1) is 0 Å². The summed E-state index contributed by atoms with van der Waals surface area (Å²) in [6.07, 6.45) is 5.68. The molecule has 2 aromatic rings. The molecule has 1 fully saturated rings. The molecule has 5 nitrogen and oxygen atoms in total. The summed E-state index contributed by atoms with van der Waals surface area (Å²) in [7, 11) is 0. The van der Waals surface area contributed by atoms with Gasteiger partial charge in [-0.2, -0.15) is 5.10 Å². The summed E-state index contributed by atoms with van der Waals surface area (Å²) in [4.78, 5) is 8.55. The van der Waals surface area contributed by atoms with Gasteiger partial charge in [0.1, 0.15) is 5.60 Å². The van der Waals surface area contributed by atoms with Crippen molar-refractivity contribution in [2.45, 2.75) is 38.3 Å². The fourth-order valence-corrected chi connectivity index (χ4v) is 1.93. The predicted octanol–water partition coefficient (Wildman–Crippen LogP) is 1.90. The van der Waals surface area contributed by atoms with Crippen LogP contribution in [0.5, 0.6) is 0 Å². The molecule has 3 rings (SSSR count). The van der Waals surface area contributed by atoms with Gasteiger partial charge >= 0.3 is 0 Å². The lowest BCUT2D eigenvalue weighted by atomic mass is 10.1. The largest absolute Gasteiger partial charge is 0.382 e. The minimum Gasteiger partial charge on any atom is -0.382 e. The minimum atomic E-state index is -0.976. The summed E-state index contributed by atoms with van der Waals surface area (Å²) in [5.74, 6) is 1.26. The first-order valence-electron chi connectivity index (χ1n) is 6.15. The first kappa shape index (κ1) is 11.3. The van der Waals surface area contributed by atoms with Crippen LogP contribution in [0.3, 0.4) is 0 Å². The molecule has 2 aromatic heterocycles. The lowest BCUT2D eigenvalue weighted by molar-refractivity contribution is 0.0633. The van der Waals surface area contributed by atoms with E-state index in [1.807, 2.05) is 16.8 Å². The molecule has 0 radical (unpaired) electrons. The van der Waals surface area contributed by atoms with Crippen LogP contribution in [0.15, 0.2) is 24.5 Å². The Morgan fingerprint density at radius 3 is 2.72 bits per heavy atom. The fraction of sp³-hybridized carbons (Fsp3) is 0.462. The summed E-state index contributed by atoms with van der Waals surface area (Å²) in [5, 5.41) is 14.7. The highest BCUT2D eigenvalue weighted by Gasteiger charge is 2.33. The molecule has 0 amide bonds. The molecule has 0 atom stereocenters. The maximum Gasteiger partial charge on any atom is 0.183 e. The van der Waals surface area contributed by atoms with E-state index in [1.54, 1.807) is 26.2 Å². The van der Waals surface area contributed by atoms with Gasteiger partial charge in [0.05, 0.1) is 6.04 Å². The minimum absolute atomic E-state index is 0.393. The van der Waals surface area contributed by atoms with Gasteiger partial charge in [-0.25, -0.2) is 9.67 Å². The molecule has 0 unspecified atom stereocenters. The van der Waals surface area contributed by atoms with Crippen LogP contribution in [0.4, 0.5) is 0 Å². The monoisotopic (exact) mass is 244 g/mol. The van der Waals surface area contributed by atoms with E-state index in [1.165, 1.54) is 0 Å². The van der Waals surface area contributed by atoms with Crippen molar-refractivity contribution in [2.75, 3.05) is 0 Å². The van der Waals surface area contributed by atoms with E-state index in [-0.39, 0.29) is 0 Å². The van der Waals surface area contributed by atoms with Gasteiger partial charge in [0.2, 0.25) is 0 Å². The van der Waals surface area contributed by atoms with Crippen molar-refractivity contribution in [1.29, 1.82) is 0 Å². The molecule has 0 aliphatic heterocycles. The molecular formula is C13H16N4O. The van der Waals surface area contributed by atoms with Crippen LogP contribution in [-0.4, -0.2) is 24.9 Å². The number of pyridine rings is 1. The Morgan fingerprint density at radius 1 is 1.39 bits per heavy atom. The standard InChI is InChI=1S/C13H16N4O/c1-13(2,18)12-15-11(9-4-3-7-14-8-9)16-17(12)10-5-6-10/h3-4,7-8,10,18H,5-6H2,1-2H3. The highest BCUT2D eigenvalue weighted by Crippen LogP contribution is 2.37. The van der Waals surface area contributed by atoms with Crippen LogP contribution < -0.4 is 0 Å². The molecule has 0 bridgehead atoms. The van der Waals surface area contributed by atoms with Crippen molar-refractivity contribution in [2.24, 2.45) is 0 Å². The average molecular weight is 244 g/mol. The van der Waals surface area contributed by atoms with E-state index in [0.717, 1.165) is 18.4 Å². The Kier molecular flexibility index (Phi) is 2.45. The molecule has 18 heavy (non-hydrogen) atoms. The Morgan fingerprint density at radius 2 is 2.17 bits per heavy atom. The van der Waals surface area contributed by atoms with Crippen molar-refractivity contribution in [3.05, 3.63) is 30.4 Å². The summed E-state index contributed by atoms with van der Waals surface area (Å²) < 4.78 is 1.86. The van der Waals surface area contributed by atoms with Crippen molar-refractivity contribution in [3.63, 3.8) is 0 Å². The third-order valence-electron chi connectivity index (χ3n) is 2.99. The number of hydrogen-bond acceptors (Lipinski definition) is 4. The van der Waals surface area contributed by atoms with Gasteiger partial charge in [0.15, 0.2) is 11.6 Å². The second-order valence-corrected chi connectivity index (χ2v) is 5.24. The van der Waals surface area contributed by atoms with Crippen molar-refractivity contribution in [3.8, 4) is 11.4 Å². The molecule has 2 heterocycles. The van der Waals surface area contributed by atoms with Crippen molar-refractivity contribution < 1.29 is 5.11 Å². The molecule has 1 aliphatic carbocycles. The molecule has 5 heteroatoms. The average Bonchev–Trinajstić information content (AvgIpc) is 3.07. The van der Waals surface area contributed by atoms with Gasteiger partial charge in [-0.3, -0.25) is 4.98 Å². The molecule has 0 aromatic carbocycles. The maximum absolute atomic E-state index is 10.2. The van der Waals surface area contributed by atoms with E-state index in [9.17, 15) is 5.11 Å². The molecule has 0 saturated heterocycles. The third-order valence-corrected chi connectivity index (χ3v) is 2.99. The van der Waals surface area contributed by atoms with E-state index >= 15 is 0 Å². The molecular weight excluding hydrogens is 228 g/mol. The van der Waals surface area contributed by atoms with Gasteiger partial charge < -0.3 is 5.11 Å². The van der Waals surface area contributed by atoms with E-state index in [2.05, 4.69) is 15.1 Å². The Hall–Kier alpha value is -1.75. The molecule has 1 aliphatic rings. The SMILES string of the molecule is CC(C)(O)c1nc(-c2cccnc2)nn1C1CC1. The molecule has 94 valence electrons. The number of aliphatic hydroxyl groups is 1. The van der Waals surface area contributed by atoms with Crippen LogP contribution in [-0.2, 0) is 5.60 Å². The Bertz CT molecular complexity index is 552. The lowest BCUT2D eigenvalue weighted by Crippen LogP contribution is -2.22. The number of nitrogens with zero attached hydrogens (tertiary/aromatic N) is 4. The molecule has 0 spiro atoms. The van der Waals surface area contributed by atoms with Gasteiger partial charge in [-0.05, 0) is 38.8 Å². The topological polar surface area (TPSA) is 63.8 Å². The van der Waals surface area contributed by atoms with Crippen LogP contribution in [0.25, 0.3) is 11.4 Å². The van der Waals surface area contributed by atoms with Crippen LogP contribution in [0, 0.1) is 0 Å². The maximum atomic E-state index is 10.2. The zero-order chi connectivity index (χ0) is 12.8. The van der Waals surface area contributed by atoms with Crippen molar-refractivity contribution in [1.82, 2.24) is 19.7 Å². The summed E-state index contributed by atoms with van der Waals surface area (Å²) in [6.45, 7) is 3.48. The summed E-state index contributed by atoms with van der Waals surface area (Å²) >= 11 is 0. The summed E-state index contributed by atoms with van der Waals surface area (Å²) in [6, 6.07) is 4.18. The highest BCUT2D eigenvalue weighted by molar-refractivity contribution is 5.52. The first-order chi connectivity index (χ1) is 8.55. The van der Waals surface area contributed by atoms with Gasteiger partial charge in [0.25, 0.3) is 0 Å². The van der Waals surface area contributed by atoms with E-state index in [0.29, 0.717) is 17.7 Å². The van der Waals surface area contributed by atoms with Crippen LogP contribution in [0.2, 0.25) is 0 Å². The predicted molar refractivity (Wildman–Crippen MR) is 66.8 cm³/mol. The number of hydrogen-bond donors (Lipinski definition) is 1. The first-order valence-corrected chi connectivity index (χ1v) is 6.15. The summed E-state index contributed by atoms with van der Waals surface area (Å²) in [5.41, 5.74) is -0.0989. The van der Waals surface area contributed by atoms with E-state index < -0.39 is 5.60 Å². The smallest absolute Gasteiger partial charge is 0.183 e. The van der Waals surface area contributed by atoms with Crippen LogP contribution in [0.1, 0.15) is 38.6 Å². The highest BCUT2D eigenvalue weighted by atomic mass is 16.3. The fourth-order valence-electron chi connectivity index (χ4n) is 1.93. The Balaban J connectivity index is 2.08. The lowest BCUT2D eigenvalue weighted by Gasteiger charge is -2.16. The second-order valence-electron chi connectivity index (χ2n) is 5.24. The number of rotatable bonds is 3. The second kappa shape index (κ2) is 3.88. The van der Waals surface area contributed by atoms with E-state index in [4.69, 9.17) is 0 Å².